The van der Waals surface area contributed by atoms with Crippen molar-refractivity contribution in [3.63, 3.8) is 0 Å². The van der Waals surface area contributed by atoms with Gasteiger partial charge in [0, 0.05) is 5.57 Å². The van der Waals surface area contributed by atoms with Crippen LogP contribution in [0, 0.1) is 0 Å². The van der Waals surface area contributed by atoms with E-state index in [0.29, 0.717) is 5.57 Å². The molecule has 3 aromatic rings. The van der Waals surface area contributed by atoms with Crippen molar-refractivity contribution in [1.82, 2.24) is 0 Å². The Morgan fingerprint density at radius 2 is 1.18 bits per heavy atom. The number of hydrogen-bond acceptors (Lipinski definition) is 1. The number of carbonyl (C=O) groups excluding carboxylic acids is 1. The fourth-order valence-electron chi connectivity index (χ4n) is 2.40. The highest BCUT2D eigenvalue weighted by Gasteiger charge is 2.01. The van der Waals surface area contributed by atoms with Gasteiger partial charge in [-0.1, -0.05) is 84.9 Å². The van der Waals surface area contributed by atoms with Crippen LogP contribution in [-0.2, 0) is 4.79 Å². The molecule has 0 aliphatic carbocycles. The number of hydrogen-bond donors (Lipinski definition) is 0. The first-order valence-electron chi connectivity index (χ1n) is 7.24. The Morgan fingerprint density at radius 1 is 0.636 bits per heavy atom. The van der Waals surface area contributed by atoms with Crippen LogP contribution in [0.25, 0.3) is 22.8 Å². The molecular formula is C21H16O. The van der Waals surface area contributed by atoms with E-state index in [1.54, 1.807) is 0 Å². The molecule has 0 saturated carbocycles. The van der Waals surface area contributed by atoms with Crippen LogP contribution in [0.4, 0.5) is 0 Å². The van der Waals surface area contributed by atoms with Crippen molar-refractivity contribution in [2.24, 2.45) is 0 Å². The first kappa shape index (κ1) is 14.0. The molecule has 0 N–H and O–H groups in total. The van der Waals surface area contributed by atoms with Crippen LogP contribution < -0.4 is 0 Å². The van der Waals surface area contributed by atoms with Crippen LogP contribution in [-0.4, -0.2) is 6.29 Å². The lowest BCUT2D eigenvalue weighted by Crippen LogP contribution is -1.85. The maximum absolute atomic E-state index is 11.3. The van der Waals surface area contributed by atoms with E-state index in [0.717, 1.165) is 17.4 Å². The van der Waals surface area contributed by atoms with Crippen LogP contribution in [0.3, 0.4) is 0 Å². The molecule has 1 heteroatoms. The van der Waals surface area contributed by atoms with Crippen molar-refractivity contribution < 1.29 is 4.79 Å². The molecule has 0 bridgehead atoms. The highest BCUT2D eigenvalue weighted by Crippen LogP contribution is 2.21. The van der Waals surface area contributed by atoms with Crippen LogP contribution in [0.1, 0.15) is 11.1 Å². The minimum atomic E-state index is 0.688. The first-order chi connectivity index (χ1) is 10.9. The third-order valence-corrected chi connectivity index (χ3v) is 3.57. The normalized spacial score (nSPS) is 11.2. The molecule has 0 atom stereocenters. The molecule has 0 saturated heterocycles. The Kier molecular flexibility index (Phi) is 4.26. The van der Waals surface area contributed by atoms with Gasteiger partial charge >= 0.3 is 0 Å². The molecule has 0 heterocycles. The van der Waals surface area contributed by atoms with Crippen molar-refractivity contribution in [2.45, 2.75) is 0 Å². The average Bonchev–Trinajstić information content (AvgIpc) is 2.62. The summed E-state index contributed by atoms with van der Waals surface area (Å²) >= 11 is 0. The second-order valence-electron chi connectivity index (χ2n) is 5.07. The highest BCUT2D eigenvalue weighted by atomic mass is 16.1. The zero-order valence-electron chi connectivity index (χ0n) is 12.1. The predicted octanol–water partition coefficient (Wildman–Crippen LogP) is 5.09. The van der Waals surface area contributed by atoms with Crippen LogP contribution in [0.2, 0.25) is 0 Å². The summed E-state index contributed by atoms with van der Waals surface area (Å²) in [4.78, 5) is 11.3. The van der Waals surface area contributed by atoms with Crippen molar-refractivity contribution in [3.05, 3.63) is 96.1 Å². The van der Waals surface area contributed by atoms with Gasteiger partial charge in [-0.15, -0.1) is 0 Å². The van der Waals surface area contributed by atoms with Gasteiger partial charge in [0.25, 0.3) is 0 Å². The fourth-order valence-corrected chi connectivity index (χ4v) is 2.40. The second-order valence-corrected chi connectivity index (χ2v) is 5.07. The van der Waals surface area contributed by atoms with Gasteiger partial charge < -0.3 is 0 Å². The van der Waals surface area contributed by atoms with Crippen molar-refractivity contribution >= 4 is 17.9 Å². The topological polar surface area (TPSA) is 17.1 Å². The molecule has 0 fully saturated rings. The van der Waals surface area contributed by atoms with E-state index in [2.05, 4.69) is 24.3 Å². The number of allylic oxidation sites excluding steroid dienone is 1. The summed E-state index contributed by atoms with van der Waals surface area (Å²) < 4.78 is 0. The molecule has 1 nitrogen and oxygen atoms in total. The lowest BCUT2D eigenvalue weighted by atomic mass is 10.0. The number of aldehydes is 1. The molecule has 0 spiro atoms. The summed E-state index contributed by atoms with van der Waals surface area (Å²) in [5.41, 5.74) is 5.00. The van der Waals surface area contributed by atoms with Gasteiger partial charge in [-0.25, -0.2) is 0 Å². The van der Waals surface area contributed by atoms with Gasteiger partial charge in [0.05, 0.1) is 0 Å². The number of carbonyl (C=O) groups is 1. The predicted molar refractivity (Wildman–Crippen MR) is 92.3 cm³/mol. The van der Waals surface area contributed by atoms with E-state index in [1.165, 1.54) is 11.1 Å². The Hall–Kier alpha value is -2.93. The van der Waals surface area contributed by atoms with E-state index < -0.39 is 0 Å². The van der Waals surface area contributed by atoms with Gasteiger partial charge in [0.1, 0.15) is 0 Å². The maximum Gasteiger partial charge on any atom is 0.150 e. The Morgan fingerprint density at radius 3 is 1.77 bits per heavy atom. The van der Waals surface area contributed by atoms with Crippen molar-refractivity contribution in [3.8, 4) is 11.1 Å². The Labute approximate surface area is 130 Å². The van der Waals surface area contributed by atoms with Crippen LogP contribution in [0.5, 0.6) is 0 Å². The molecule has 0 aliphatic rings. The lowest BCUT2D eigenvalue weighted by molar-refractivity contribution is -0.103. The molecule has 0 unspecified atom stereocenters. The molecule has 0 aliphatic heterocycles. The standard InChI is InChI=1S/C21H16O/c22-16-21(19-9-5-2-6-10-19)15-17-11-13-20(14-12-17)18-7-3-1-4-8-18/h1-16H/b21-15-. The van der Waals surface area contributed by atoms with Gasteiger partial charge in [0.2, 0.25) is 0 Å². The van der Waals surface area contributed by atoms with E-state index in [4.69, 9.17) is 0 Å². The third kappa shape index (κ3) is 3.21. The summed E-state index contributed by atoms with van der Waals surface area (Å²) in [6, 6.07) is 28.2. The van der Waals surface area contributed by atoms with Gasteiger partial charge in [-0.05, 0) is 28.3 Å². The van der Waals surface area contributed by atoms with Crippen LogP contribution >= 0.6 is 0 Å². The maximum atomic E-state index is 11.3. The van der Waals surface area contributed by atoms with E-state index >= 15 is 0 Å². The van der Waals surface area contributed by atoms with Crippen molar-refractivity contribution in [1.29, 1.82) is 0 Å². The highest BCUT2D eigenvalue weighted by molar-refractivity contribution is 6.13. The summed E-state index contributed by atoms with van der Waals surface area (Å²) in [7, 11) is 0. The molecule has 0 aromatic heterocycles. The number of rotatable bonds is 4. The quantitative estimate of drug-likeness (QED) is 0.370. The fraction of sp³-hybridized carbons (Fsp3) is 0. The van der Waals surface area contributed by atoms with E-state index in [1.807, 2.05) is 66.7 Å². The van der Waals surface area contributed by atoms with Crippen LogP contribution in [0.15, 0.2) is 84.9 Å². The summed E-state index contributed by atoms with van der Waals surface area (Å²) in [6.45, 7) is 0. The molecule has 3 aromatic carbocycles. The molecular weight excluding hydrogens is 268 g/mol. The number of benzene rings is 3. The molecule has 0 amide bonds. The second kappa shape index (κ2) is 6.68. The van der Waals surface area contributed by atoms with Gasteiger partial charge in [-0.3, -0.25) is 4.79 Å². The van der Waals surface area contributed by atoms with Crippen molar-refractivity contribution in [2.75, 3.05) is 0 Å². The zero-order chi connectivity index (χ0) is 15.2. The lowest BCUT2D eigenvalue weighted by Gasteiger charge is -2.03. The molecule has 22 heavy (non-hydrogen) atoms. The largest absolute Gasteiger partial charge is 0.298 e. The first-order valence-corrected chi connectivity index (χ1v) is 7.24. The minimum absolute atomic E-state index is 0.688. The third-order valence-electron chi connectivity index (χ3n) is 3.57. The van der Waals surface area contributed by atoms with E-state index in [-0.39, 0.29) is 0 Å². The molecule has 3 rings (SSSR count). The van der Waals surface area contributed by atoms with Gasteiger partial charge in [-0.2, -0.15) is 0 Å². The summed E-state index contributed by atoms with van der Waals surface area (Å²) in [6.07, 6.45) is 2.82. The monoisotopic (exact) mass is 284 g/mol. The van der Waals surface area contributed by atoms with E-state index in [9.17, 15) is 4.79 Å². The average molecular weight is 284 g/mol. The minimum Gasteiger partial charge on any atom is -0.298 e. The smallest absolute Gasteiger partial charge is 0.150 e. The Bertz CT molecular complexity index is 769. The van der Waals surface area contributed by atoms with Gasteiger partial charge in [0.15, 0.2) is 6.29 Å². The SMILES string of the molecule is O=C/C(=C/c1ccc(-c2ccccc2)cc1)c1ccccc1. The molecule has 0 radical (unpaired) electrons. The molecule has 106 valence electrons. The zero-order valence-corrected chi connectivity index (χ0v) is 12.1. The summed E-state index contributed by atoms with van der Waals surface area (Å²) in [5, 5.41) is 0. The summed E-state index contributed by atoms with van der Waals surface area (Å²) in [5.74, 6) is 0. The Balaban J connectivity index is 1.90.